The smallest absolute Gasteiger partial charge is 0.308 e. The van der Waals surface area contributed by atoms with Gasteiger partial charge in [-0.1, -0.05) is 0 Å². The summed E-state index contributed by atoms with van der Waals surface area (Å²) in [7, 11) is 1.38. The van der Waals surface area contributed by atoms with Crippen molar-refractivity contribution in [3.63, 3.8) is 0 Å². The molecule has 0 radical (unpaired) electrons. The van der Waals surface area contributed by atoms with Crippen molar-refractivity contribution in [3.8, 4) is 0 Å². The molecular formula is C5H12O4. The molecule has 0 aliphatic rings. The molecule has 0 rings (SSSR count). The highest BCUT2D eigenvalue weighted by atomic mass is 17.2. The van der Waals surface area contributed by atoms with Gasteiger partial charge in [0, 0.05) is 20.6 Å². The topological polar surface area (TPSA) is 47.9 Å². The van der Waals surface area contributed by atoms with Gasteiger partial charge >= 0.3 is 5.97 Å². The Hall–Kier alpha value is -0.160. The molecule has 0 saturated heterocycles. The summed E-state index contributed by atoms with van der Waals surface area (Å²) in [5.74, 6) is -1.31. The maximum absolute atomic E-state index is 8.17. The number of hydrogen-bond acceptors (Lipinski definition) is 4. The highest BCUT2D eigenvalue weighted by Crippen LogP contribution is 2.09. The van der Waals surface area contributed by atoms with E-state index in [0.717, 1.165) is 0 Å². The van der Waals surface area contributed by atoms with Gasteiger partial charge in [0.1, 0.15) is 0 Å². The maximum atomic E-state index is 8.17. The first-order valence-electron chi connectivity index (χ1n) is 2.70. The molecule has 0 saturated carbocycles. The van der Waals surface area contributed by atoms with Crippen LogP contribution in [-0.2, 0) is 14.4 Å². The van der Waals surface area contributed by atoms with Gasteiger partial charge in [-0.05, 0) is 6.92 Å². The summed E-state index contributed by atoms with van der Waals surface area (Å²) in [6.45, 7) is 3.66. The second kappa shape index (κ2) is 3.79. The van der Waals surface area contributed by atoms with Crippen molar-refractivity contribution >= 4 is 0 Å². The van der Waals surface area contributed by atoms with Crippen molar-refractivity contribution in [1.82, 2.24) is 0 Å². The van der Waals surface area contributed by atoms with Crippen LogP contribution in [0.5, 0.6) is 0 Å². The van der Waals surface area contributed by atoms with Crippen molar-refractivity contribution in [2.75, 3.05) is 13.7 Å². The van der Waals surface area contributed by atoms with Crippen LogP contribution in [-0.4, -0.2) is 24.9 Å². The van der Waals surface area contributed by atoms with E-state index in [1.807, 2.05) is 0 Å². The van der Waals surface area contributed by atoms with Crippen LogP contribution in [0.4, 0.5) is 0 Å². The van der Waals surface area contributed by atoms with Crippen LogP contribution in [0.3, 0.4) is 0 Å². The Labute approximate surface area is 54.3 Å². The van der Waals surface area contributed by atoms with Crippen LogP contribution in [0, 0.1) is 0 Å². The monoisotopic (exact) mass is 136 g/mol. The minimum Gasteiger partial charge on any atom is -0.329 e. The molecule has 9 heavy (non-hydrogen) atoms. The Morgan fingerprint density at radius 1 is 1.56 bits per heavy atom. The van der Waals surface area contributed by atoms with Crippen molar-refractivity contribution in [3.05, 3.63) is 0 Å². The summed E-state index contributed by atoms with van der Waals surface area (Å²) in [6.07, 6.45) is 0. The molecule has 0 aromatic carbocycles. The zero-order chi connectivity index (χ0) is 7.33. The lowest BCUT2D eigenvalue weighted by molar-refractivity contribution is -0.478. The van der Waals surface area contributed by atoms with Gasteiger partial charge in [0.15, 0.2) is 0 Å². The van der Waals surface area contributed by atoms with Gasteiger partial charge in [-0.2, -0.15) is 4.89 Å². The SMILES string of the molecule is CCOC(C)(OC)OO. The third kappa shape index (κ3) is 2.76. The Bertz CT molecular complexity index is 69.4. The molecule has 4 heteroatoms. The first-order chi connectivity index (χ1) is 4.18. The summed E-state index contributed by atoms with van der Waals surface area (Å²) in [5.41, 5.74) is 0. The predicted octanol–water partition coefficient (Wildman–Crippen LogP) is 0.833. The Kier molecular flexibility index (Phi) is 3.72. The van der Waals surface area contributed by atoms with Crippen LogP contribution in [0.2, 0.25) is 0 Å². The van der Waals surface area contributed by atoms with Crippen molar-refractivity contribution in [2.45, 2.75) is 19.8 Å². The molecule has 0 fully saturated rings. The highest BCUT2D eigenvalue weighted by Gasteiger charge is 2.24. The van der Waals surface area contributed by atoms with E-state index in [0.29, 0.717) is 6.61 Å². The maximum Gasteiger partial charge on any atom is 0.308 e. The number of methoxy groups -OCH3 is 1. The van der Waals surface area contributed by atoms with Gasteiger partial charge in [-0.25, -0.2) is 5.26 Å². The fraction of sp³-hybridized carbons (Fsp3) is 1.00. The van der Waals surface area contributed by atoms with Crippen LogP contribution >= 0.6 is 0 Å². The average Bonchev–Trinajstić information content (AvgIpc) is 1.89. The van der Waals surface area contributed by atoms with Gasteiger partial charge < -0.3 is 9.47 Å². The molecular weight excluding hydrogens is 124 g/mol. The van der Waals surface area contributed by atoms with Crippen molar-refractivity contribution in [2.24, 2.45) is 0 Å². The predicted molar refractivity (Wildman–Crippen MR) is 30.8 cm³/mol. The molecule has 56 valence electrons. The molecule has 1 atom stereocenters. The minimum atomic E-state index is -1.31. The second-order valence-corrected chi connectivity index (χ2v) is 1.59. The van der Waals surface area contributed by atoms with Crippen molar-refractivity contribution in [1.29, 1.82) is 0 Å². The van der Waals surface area contributed by atoms with E-state index in [2.05, 4.69) is 9.62 Å². The van der Waals surface area contributed by atoms with E-state index < -0.39 is 5.97 Å². The summed E-state index contributed by atoms with van der Waals surface area (Å²) < 4.78 is 9.47. The van der Waals surface area contributed by atoms with Crippen LogP contribution in [0.25, 0.3) is 0 Å². The first-order valence-corrected chi connectivity index (χ1v) is 2.70. The minimum absolute atomic E-state index is 0.422. The van der Waals surface area contributed by atoms with Gasteiger partial charge in [0.05, 0.1) is 0 Å². The van der Waals surface area contributed by atoms with Gasteiger partial charge in [-0.15, -0.1) is 0 Å². The summed E-state index contributed by atoms with van der Waals surface area (Å²) >= 11 is 0. The zero-order valence-electron chi connectivity index (χ0n) is 5.88. The Morgan fingerprint density at radius 3 is 2.22 bits per heavy atom. The number of ether oxygens (including phenoxy) is 2. The molecule has 4 nitrogen and oxygen atoms in total. The summed E-state index contributed by atoms with van der Waals surface area (Å²) in [4.78, 5) is 3.88. The van der Waals surface area contributed by atoms with Crippen LogP contribution < -0.4 is 0 Å². The number of rotatable bonds is 4. The molecule has 0 heterocycles. The fourth-order valence-corrected chi connectivity index (χ4v) is 0.385. The molecule has 0 aromatic heterocycles. The van der Waals surface area contributed by atoms with Crippen LogP contribution in [0.1, 0.15) is 13.8 Å². The zero-order valence-corrected chi connectivity index (χ0v) is 5.88. The molecule has 0 aliphatic heterocycles. The fourth-order valence-electron chi connectivity index (χ4n) is 0.385. The standard InChI is InChI=1S/C5H12O4/c1-4-8-5(2,7-3)9-6/h6H,4H2,1-3H3. The number of hydrogen-bond donors (Lipinski definition) is 1. The lowest BCUT2D eigenvalue weighted by Gasteiger charge is -2.22. The highest BCUT2D eigenvalue weighted by molar-refractivity contribution is 4.39. The quantitative estimate of drug-likeness (QED) is 0.353. The van der Waals surface area contributed by atoms with E-state index >= 15 is 0 Å². The van der Waals surface area contributed by atoms with E-state index in [1.54, 1.807) is 6.92 Å². The Balaban J connectivity index is 3.62. The average molecular weight is 136 g/mol. The van der Waals surface area contributed by atoms with Gasteiger partial charge in [0.2, 0.25) is 0 Å². The molecule has 0 amide bonds. The summed E-state index contributed by atoms with van der Waals surface area (Å²) in [5, 5.41) is 8.17. The van der Waals surface area contributed by atoms with Gasteiger partial charge in [0.25, 0.3) is 0 Å². The molecule has 0 bridgehead atoms. The lowest BCUT2D eigenvalue weighted by atomic mass is 10.6. The Morgan fingerprint density at radius 2 is 2.11 bits per heavy atom. The van der Waals surface area contributed by atoms with E-state index in [-0.39, 0.29) is 0 Å². The van der Waals surface area contributed by atoms with Gasteiger partial charge in [-0.3, -0.25) is 0 Å². The molecule has 1 unspecified atom stereocenters. The van der Waals surface area contributed by atoms with Crippen molar-refractivity contribution < 1.29 is 19.6 Å². The molecule has 0 spiro atoms. The summed E-state index contributed by atoms with van der Waals surface area (Å²) in [6, 6.07) is 0. The normalized spacial score (nSPS) is 17.3. The van der Waals surface area contributed by atoms with E-state index in [9.17, 15) is 0 Å². The third-order valence-corrected chi connectivity index (χ3v) is 0.943. The second-order valence-electron chi connectivity index (χ2n) is 1.59. The molecule has 0 aromatic rings. The van der Waals surface area contributed by atoms with E-state index in [4.69, 9.17) is 9.99 Å². The van der Waals surface area contributed by atoms with E-state index in [1.165, 1.54) is 14.0 Å². The lowest BCUT2D eigenvalue weighted by Crippen LogP contribution is -2.33. The third-order valence-electron chi connectivity index (χ3n) is 0.943. The largest absolute Gasteiger partial charge is 0.329 e. The van der Waals surface area contributed by atoms with Crippen LogP contribution in [0.15, 0.2) is 0 Å². The first kappa shape index (κ1) is 8.84. The molecule has 0 aliphatic carbocycles. The molecule has 1 N–H and O–H groups in total.